The molecule has 2 aromatic rings. The van der Waals surface area contributed by atoms with Gasteiger partial charge in [-0.25, -0.2) is 0 Å². The van der Waals surface area contributed by atoms with Crippen molar-refractivity contribution in [1.82, 2.24) is 0 Å². The molecule has 0 spiro atoms. The van der Waals surface area contributed by atoms with E-state index in [9.17, 15) is 0 Å². The number of hydrogen-bond acceptors (Lipinski definition) is 3. The van der Waals surface area contributed by atoms with Gasteiger partial charge in [0.2, 0.25) is 0 Å². The number of nitriles is 1. The number of halogens is 1. The number of anilines is 1. The lowest BCUT2D eigenvalue weighted by molar-refractivity contribution is 1.45. The van der Waals surface area contributed by atoms with Gasteiger partial charge in [0.25, 0.3) is 0 Å². The van der Waals surface area contributed by atoms with Crippen molar-refractivity contribution in [2.75, 3.05) is 5.73 Å². The molecule has 2 N–H and O–H groups in total. The third-order valence-electron chi connectivity index (χ3n) is 2.81. The van der Waals surface area contributed by atoms with Crippen molar-refractivity contribution in [3.63, 3.8) is 0 Å². The minimum atomic E-state index is 0.567. The van der Waals surface area contributed by atoms with Crippen LogP contribution in [-0.4, -0.2) is 0 Å². The first-order valence-electron chi connectivity index (χ1n) is 5.10. The van der Waals surface area contributed by atoms with Gasteiger partial charge in [0, 0.05) is 9.90 Å². The van der Waals surface area contributed by atoms with Crippen molar-refractivity contribution >= 4 is 28.6 Å². The topological polar surface area (TPSA) is 49.8 Å². The van der Waals surface area contributed by atoms with Gasteiger partial charge < -0.3 is 5.73 Å². The second kappa shape index (κ2) is 4.40. The van der Waals surface area contributed by atoms with Crippen LogP contribution in [0.2, 0.25) is 5.02 Å². The maximum Gasteiger partial charge on any atom is 0.128 e. The number of thiophene rings is 1. The molecule has 17 heavy (non-hydrogen) atoms. The molecule has 86 valence electrons. The summed E-state index contributed by atoms with van der Waals surface area (Å²) in [4.78, 5) is 1.59. The van der Waals surface area contributed by atoms with Crippen LogP contribution in [0.5, 0.6) is 0 Å². The van der Waals surface area contributed by atoms with Crippen molar-refractivity contribution in [2.24, 2.45) is 0 Å². The molecule has 0 unspecified atom stereocenters. The third-order valence-corrected chi connectivity index (χ3v) is 4.46. The van der Waals surface area contributed by atoms with Crippen LogP contribution in [0.25, 0.3) is 10.4 Å². The highest BCUT2D eigenvalue weighted by molar-refractivity contribution is 7.16. The Morgan fingerprint density at radius 3 is 2.59 bits per heavy atom. The van der Waals surface area contributed by atoms with Crippen molar-refractivity contribution in [1.29, 1.82) is 5.26 Å². The van der Waals surface area contributed by atoms with Crippen LogP contribution >= 0.6 is 22.9 Å². The molecule has 0 radical (unpaired) electrons. The molecule has 0 bridgehead atoms. The SMILES string of the molecule is Cc1c(Cl)cccc1-c1sc(C#N)c(N)c1C. The van der Waals surface area contributed by atoms with Crippen LogP contribution in [0, 0.1) is 25.2 Å². The lowest BCUT2D eigenvalue weighted by Crippen LogP contribution is -1.88. The maximum absolute atomic E-state index is 8.98. The molecule has 1 heterocycles. The number of nitrogens with zero attached hydrogens (tertiary/aromatic N) is 1. The fourth-order valence-electron chi connectivity index (χ4n) is 1.72. The summed E-state index contributed by atoms with van der Waals surface area (Å²) in [5.41, 5.74) is 9.49. The zero-order chi connectivity index (χ0) is 12.6. The van der Waals surface area contributed by atoms with Gasteiger partial charge in [0.1, 0.15) is 10.9 Å². The molecule has 0 saturated heterocycles. The van der Waals surface area contributed by atoms with E-state index in [2.05, 4.69) is 6.07 Å². The summed E-state index contributed by atoms with van der Waals surface area (Å²) in [7, 11) is 0. The van der Waals surface area contributed by atoms with Gasteiger partial charge in [-0.2, -0.15) is 5.26 Å². The van der Waals surface area contributed by atoms with Crippen molar-refractivity contribution in [3.8, 4) is 16.5 Å². The summed E-state index contributed by atoms with van der Waals surface area (Å²) < 4.78 is 0. The Morgan fingerprint density at radius 2 is 2.00 bits per heavy atom. The zero-order valence-electron chi connectivity index (χ0n) is 9.54. The molecule has 0 aliphatic rings. The quantitative estimate of drug-likeness (QED) is 0.840. The van der Waals surface area contributed by atoms with Gasteiger partial charge in [-0.05, 0) is 36.6 Å². The van der Waals surface area contributed by atoms with Crippen LogP contribution in [0.1, 0.15) is 16.0 Å². The lowest BCUT2D eigenvalue weighted by atomic mass is 10.0. The highest BCUT2D eigenvalue weighted by Crippen LogP contribution is 2.40. The molecule has 0 fully saturated rings. The predicted molar refractivity (Wildman–Crippen MR) is 73.4 cm³/mol. The van der Waals surface area contributed by atoms with E-state index < -0.39 is 0 Å². The fraction of sp³-hybridized carbons (Fsp3) is 0.154. The molecule has 1 aromatic carbocycles. The monoisotopic (exact) mass is 262 g/mol. The number of nitrogens with two attached hydrogens (primary N) is 1. The summed E-state index contributed by atoms with van der Waals surface area (Å²) in [5, 5.41) is 9.71. The lowest BCUT2D eigenvalue weighted by Gasteiger charge is -2.06. The summed E-state index contributed by atoms with van der Waals surface area (Å²) >= 11 is 7.52. The second-order valence-electron chi connectivity index (χ2n) is 3.82. The maximum atomic E-state index is 8.98. The Morgan fingerprint density at radius 1 is 1.29 bits per heavy atom. The van der Waals surface area contributed by atoms with E-state index in [-0.39, 0.29) is 0 Å². The van der Waals surface area contributed by atoms with Crippen LogP contribution in [0.3, 0.4) is 0 Å². The summed E-state index contributed by atoms with van der Waals surface area (Å²) in [6, 6.07) is 7.89. The van der Waals surface area contributed by atoms with Crippen molar-refractivity contribution in [2.45, 2.75) is 13.8 Å². The standard InChI is InChI=1S/C13H11ClN2S/c1-7-9(4-3-5-10(7)14)13-8(2)12(16)11(6-15)17-13/h3-5H,16H2,1-2H3. The van der Waals surface area contributed by atoms with Gasteiger partial charge in [-0.15, -0.1) is 11.3 Å². The van der Waals surface area contributed by atoms with Gasteiger partial charge in [0.15, 0.2) is 0 Å². The Balaban J connectivity index is 2.70. The van der Waals surface area contributed by atoms with Gasteiger partial charge in [0.05, 0.1) is 5.69 Å². The third kappa shape index (κ3) is 1.90. The average molecular weight is 263 g/mol. The number of hydrogen-bond donors (Lipinski definition) is 1. The molecular formula is C13H11ClN2S. The van der Waals surface area contributed by atoms with E-state index in [0.29, 0.717) is 10.6 Å². The molecule has 0 saturated carbocycles. The first-order chi connectivity index (χ1) is 8.06. The minimum Gasteiger partial charge on any atom is -0.397 e. The van der Waals surface area contributed by atoms with Crippen LogP contribution in [0.4, 0.5) is 5.69 Å². The summed E-state index contributed by atoms with van der Waals surface area (Å²) in [6.45, 7) is 3.90. The molecule has 2 rings (SSSR count). The van der Waals surface area contributed by atoms with E-state index in [4.69, 9.17) is 22.6 Å². The van der Waals surface area contributed by atoms with Crippen LogP contribution in [0.15, 0.2) is 18.2 Å². The first kappa shape index (κ1) is 12.0. The van der Waals surface area contributed by atoms with Crippen molar-refractivity contribution in [3.05, 3.63) is 39.2 Å². The Labute approximate surface area is 109 Å². The molecule has 2 nitrogen and oxygen atoms in total. The Bertz CT molecular complexity index is 623. The molecule has 0 atom stereocenters. The molecule has 0 aliphatic heterocycles. The van der Waals surface area contributed by atoms with Crippen LogP contribution in [-0.2, 0) is 0 Å². The number of benzene rings is 1. The van der Waals surface area contributed by atoms with E-state index in [1.54, 1.807) is 0 Å². The predicted octanol–water partition coefficient (Wildman–Crippen LogP) is 4.14. The summed E-state index contributed by atoms with van der Waals surface area (Å²) in [6.07, 6.45) is 0. The zero-order valence-corrected chi connectivity index (χ0v) is 11.1. The Hall–Kier alpha value is -1.50. The molecule has 1 aromatic heterocycles. The molecule has 0 amide bonds. The van der Waals surface area contributed by atoms with E-state index in [0.717, 1.165) is 26.6 Å². The van der Waals surface area contributed by atoms with Crippen LogP contribution < -0.4 is 5.73 Å². The van der Waals surface area contributed by atoms with E-state index in [1.807, 2.05) is 32.0 Å². The molecule has 0 aliphatic carbocycles. The van der Waals surface area contributed by atoms with E-state index >= 15 is 0 Å². The molecular weight excluding hydrogens is 252 g/mol. The van der Waals surface area contributed by atoms with Crippen molar-refractivity contribution < 1.29 is 0 Å². The Kier molecular flexibility index (Phi) is 3.10. The fourth-order valence-corrected chi connectivity index (χ4v) is 3.00. The number of nitrogen functional groups attached to an aromatic ring is 1. The number of rotatable bonds is 1. The summed E-state index contributed by atoms with van der Waals surface area (Å²) in [5.74, 6) is 0. The molecule has 4 heteroatoms. The van der Waals surface area contributed by atoms with E-state index in [1.165, 1.54) is 11.3 Å². The normalized spacial score (nSPS) is 10.2. The second-order valence-corrected chi connectivity index (χ2v) is 5.25. The highest BCUT2D eigenvalue weighted by atomic mass is 35.5. The largest absolute Gasteiger partial charge is 0.397 e. The minimum absolute atomic E-state index is 0.567. The average Bonchev–Trinajstić information content (AvgIpc) is 2.60. The van der Waals surface area contributed by atoms with Gasteiger partial charge in [-0.1, -0.05) is 23.7 Å². The smallest absolute Gasteiger partial charge is 0.128 e. The first-order valence-corrected chi connectivity index (χ1v) is 6.30. The van der Waals surface area contributed by atoms with Gasteiger partial charge >= 0.3 is 0 Å². The van der Waals surface area contributed by atoms with Gasteiger partial charge in [-0.3, -0.25) is 0 Å². The highest BCUT2D eigenvalue weighted by Gasteiger charge is 2.15.